The summed E-state index contributed by atoms with van der Waals surface area (Å²) in [5.41, 5.74) is 3.58. The van der Waals surface area contributed by atoms with Crippen molar-refractivity contribution in [2.24, 2.45) is 0 Å². The Balaban J connectivity index is 1.12. The monoisotopic (exact) mass is 912 g/mol. The lowest BCUT2D eigenvalue weighted by molar-refractivity contribution is -0.143. The first-order valence-electron chi connectivity index (χ1n) is 20.9. The van der Waals surface area contributed by atoms with Crippen LogP contribution in [0, 0.1) is 0 Å². The quantitative estimate of drug-likeness (QED) is 0.0663. The maximum Gasteiger partial charge on any atom is 0.266 e. The Morgan fingerprint density at radius 2 is 1.05 bits per heavy atom. The number of nitrogens with zero attached hydrogens (tertiary/aromatic N) is 2. The number of phenols is 2. The van der Waals surface area contributed by atoms with Crippen LogP contribution >= 0.6 is 23.2 Å². The number of amides is 2. The molecule has 0 fully saturated rings. The van der Waals surface area contributed by atoms with E-state index in [1.807, 2.05) is 48.5 Å². The number of para-hydroxylation sites is 3. The van der Waals surface area contributed by atoms with Crippen molar-refractivity contribution in [2.75, 3.05) is 0 Å². The predicted molar refractivity (Wildman–Crippen MR) is 255 cm³/mol. The molecule has 14 heteroatoms. The first-order chi connectivity index (χ1) is 32.2. The standard InChI is InChI=1S/C52H38Cl2N6O6/c53-39-27-37(47(61)45-34(39)18-9-23-56-45)43(33-16-8-20-41-32(33)22-26-55-41)59-51(63)49(65-30-12-3-1-4-13-30)50(66-31-14-5-2-6-15-31)52(64)60-44(36-17-7-11-29-21-25-58-42(29)36)38-28-40(54)35-19-10-24-57-46(35)48(38)62/h1-28,43-44,49-50,55,58,61-62H,(H,59,63)(H,60,64). The molecule has 0 aliphatic rings. The zero-order valence-corrected chi connectivity index (χ0v) is 36.2. The van der Waals surface area contributed by atoms with Gasteiger partial charge in [0.1, 0.15) is 34.0 Å². The van der Waals surface area contributed by atoms with Gasteiger partial charge in [0.15, 0.2) is 0 Å². The molecule has 0 radical (unpaired) electrons. The van der Waals surface area contributed by atoms with E-state index in [9.17, 15) is 10.2 Å². The van der Waals surface area contributed by atoms with E-state index >= 15 is 9.59 Å². The molecule has 4 atom stereocenters. The van der Waals surface area contributed by atoms with E-state index in [2.05, 4.69) is 30.6 Å². The van der Waals surface area contributed by atoms with Gasteiger partial charge in [-0.2, -0.15) is 0 Å². The molecule has 10 aromatic rings. The van der Waals surface area contributed by atoms with Crippen molar-refractivity contribution < 1.29 is 29.3 Å². The number of rotatable bonds is 13. The van der Waals surface area contributed by atoms with Crippen molar-refractivity contribution in [3.05, 3.63) is 203 Å². The second-order valence-corrected chi connectivity index (χ2v) is 16.4. The Kier molecular flexibility index (Phi) is 11.3. The predicted octanol–water partition coefficient (Wildman–Crippen LogP) is 10.5. The van der Waals surface area contributed by atoms with Crippen molar-refractivity contribution in [2.45, 2.75) is 24.3 Å². The molecule has 4 unspecified atom stereocenters. The van der Waals surface area contributed by atoms with Crippen LogP contribution in [0.1, 0.15) is 34.3 Å². The number of fused-ring (bicyclic) bond motifs is 4. The van der Waals surface area contributed by atoms with E-state index in [4.69, 9.17) is 32.7 Å². The van der Waals surface area contributed by atoms with Crippen LogP contribution in [-0.2, 0) is 9.59 Å². The van der Waals surface area contributed by atoms with Gasteiger partial charge in [0.25, 0.3) is 11.8 Å². The number of carbonyl (C=O) groups is 2. The molecule has 0 bridgehead atoms. The van der Waals surface area contributed by atoms with E-state index in [0.717, 1.165) is 16.3 Å². The third kappa shape index (κ3) is 7.93. The second-order valence-electron chi connectivity index (χ2n) is 15.6. The van der Waals surface area contributed by atoms with E-state index in [0.29, 0.717) is 37.5 Å². The van der Waals surface area contributed by atoms with Gasteiger partial charge in [-0.1, -0.05) is 89.9 Å². The van der Waals surface area contributed by atoms with Crippen LogP contribution in [0.15, 0.2) is 170 Å². The molecule has 326 valence electrons. The van der Waals surface area contributed by atoms with Gasteiger partial charge in [0.05, 0.1) is 27.6 Å². The number of aromatic amines is 2. The van der Waals surface area contributed by atoms with Crippen LogP contribution in [0.3, 0.4) is 0 Å². The summed E-state index contributed by atoms with van der Waals surface area (Å²) in [5, 5.41) is 33.4. The molecule has 6 aromatic carbocycles. The highest BCUT2D eigenvalue weighted by Crippen LogP contribution is 2.42. The average molecular weight is 914 g/mol. The summed E-state index contributed by atoms with van der Waals surface area (Å²) in [7, 11) is 0. The lowest BCUT2D eigenvalue weighted by Crippen LogP contribution is -2.56. The molecule has 0 saturated heterocycles. The molecule has 6 N–H and O–H groups in total. The molecule has 10 rings (SSSR count). The first-order valence-corrected chi connectivity index (χ1v) is 21.7. The zero-order valence-electron chi connectivity index (χ0n) is 34.7. The van der Waals surface area contributed by atoms with Gasteiger partial charge in [-0.05, 0) is 89.8 Å². The minimum atomic E-state index is -1.71. The van der Waals surface area contributed by atoms with Crippen molar-refractivity contribution >= 4 is 78.6 Å². The normalized spacial score (nSPS) is 13.3. The molecule has 4 heterocycles. The van der Waals surface area contributed by atoms with E-state index in [1.54, 1.807) is 122 Å². The second kappa shape index (κ2) is 17.8. The van der Waals surface area contributed by atoms with Crippen molar-refractivity contribution in [3.8, 4) is 23.0 Å². The fraction of sp³-hybridized carbons (Fsp3) is 0.0769. The van der Waals surface area contributed by atoms with Crippen molar-refractivity contribution in [1.82, 2.24) is 30.6 Å². The van der Waals surface area contributed by atoms with Gasteiger partial charge in [-0.3, -0.25) is 19.6 Å². The Hall–Kier alpha value is -8.06. The molecule has 0 spiro atoms. The smallest absolute Gasteiger partial charge is 0.266 e. The SMILES string of the molecule is O=C(NC(c1cc(Cl)c2cccnc2c1O)c1cccc2[nH]ccc12)C(Oc1ccccc1)C(Oc1ccccc1)C(=O)NC(c1cc(Cl)c2cccnc2c1O)c1cccc2cc[nH]c12. The number of hydrogen-bond donors (Lipinski definition) is 6. The van der Waals surface area contributed by atoms with Gasteiger partial charge < -0.3 is 40.3 Å². The molecule has 0 aliphatic carbocycles. The van der Waals surface area contributed by atoms with Gasteiger partial charge in [-0.15, -0.1) is 0 Å². The number of aromatic hydroxyl groups is 2. The summed E-state index contributed by atoms with van der Waals surface area (Å²) in [6.07, 6.45) is 3.21. The molecule has 4 aromatic heterocycles. The summed E-state index contributed by atoms with van der Waals surface area (Å²) in [4.78, 5) is 46.3. The Bertz CT molecular complexity index is 3190. The maximum atomic E-state index is 15.5. The molecule has 66 heavy (non-hydrogen) atoms. The Labute approximate surface area is 386 Å². The van der Waals surface area contributed by atoms with Crippen LogP contribution in [0.4, 0.5) is 0 Å². The Morgan fingerprint density at radius 1 is 0.530 bits per heavy atom. The number of hydrogen-bond acceptors (Lipinski definition) is 8. The summed E-state index contributed by atoms with van der Waals surface area (Å²) >= 11 is 13.8. The van der Waals surface area contributed by atoms with Crippen LogP contribution < -0.4 is 20.1 Å². The first kappa shape index (κ1) is 41.9. The summed E-state index contributed by atoms with van der Waals surface area (Å²) < 4.78 is 13.1. The fourth-order valence-electron chi connectivity index (χ4n) is 8.46. The van der Waals surface area contributed by atoms with Gasteiger partial charge in [0, 0.05) is 63.2 Å². The van der Waals surface area contributed by atoms with E-state index < -0.39 is 36.1 Å². The van der Waals surface area contributed by atoms with Crippen LogP contribution in [0.2, 0.25) is 10.0 Å². The third-order valence-electron chi connectivity index (χ3n) is 11.6. The minimum absolute atomic E-state index is 0.201. The number of H-pyrrole nitrogens is 2. The number of ether oxygens (including phenoxy) is 2. The minimum Gasteiger partial charge on any atom is -0.505 e. The highest BCUT2D eigenvalue weighted by molar-refractivity contribution is 6.36. The molecule has 12 nitrogen and oxygen atoms in total. The molecule has 0 aliphatic heterocycles. The van der Waals surface area contributed by atoms with Gasteiger partial charge >= 0.3 is 0 Å². The van der Waals surface area contributed by atoms with Crippen LogP contribution in [0.25, 0.3) is 43.6 Å². The third-order valence-corrected chi connectivity index (χ3v) is 12.2. The number of phenolic OH excluding ortho intramolecular Hbond substituents is 2. The number of carbonyl (C=O) groups excluding carboxylic acids is 2. The summed E-state index contributed by atoms with van der Waals surface area (Å²) in [6, 6.07) is 40.0. The fourth-order valence-corrected chi connectivity index (χ4v) is 9.00. The molecular weight excluding hydrogens is 876 g/mol. The zero-order chi connectivity index (χ0) is 45.3. The van der Waals surface area contributed by atoms with Gasteiger partial charge in [0.2, 0.25) is 12.2 Å². The number of benzene rings is 6. The van der Waals surface area contributed by atoms with Crippen LogP contribution in [0.5, 0.6) is 23.0 Å². The Morgan fingerprint density at radius 3 is 1.62 bits per heavy atom. The lowest BCUT2D eigenvalue weighted by Gasteiger charge is -2.31. The molecule has 0 saturated carbocycles. The number of aromatic nitrogens is 4. The van der Waals surface area contributed by atoms with Crippen molar-refractivity contribution in [1.29, 1.82) is 0 Å². The highest BCUT2D eigenvalue weighted by atomic mass is 35.5. The topological polar surface area (TPSA) is 174 Å². The maximum absolute atomic E-state index is 15.5. The molecular formula is C52H38Cl2N6O6. The number of pyridine rings is 2. The number of halogens is 2. The largest absolute Gasteiger partial charge is 0.505 e. The van der Waals surface area contributed by atoms with Crippen LogP contribution in [-0.4, -0.2) is 54.2 Å². The van der Waals surface area contributed by atoms with E-state index in [1.165, 1.54) is 0 Å². The molecule has 2 amide bonds. The average Bonchev–Trinajstić information content (AvgIpc) is 4.05. The highest BCUT2D eigenvalue weighted by Gasteiger charge is 2.41. The summed E-state index contributed by atoms with van der Waals surface area (Å²) in [5.74, 6) is -1.46. The lowest BCUT2D eigenvalue weighted by atomic mass is 9.93. The summed E-state index contributed by atoms with van der Waals surface area (Å²) in [6.45, 7) is 0. The number of nitrogens with one attached hydrogen (secondary N) is 4. The van der Waals surface area contributed by atoms with Crippen molar-refractivity contribution in [3.63, 3.8) is 0 Å². The van der Waals surface area contributed by atoms with Gasteiger partial charge in [-0.25, -0.2) is 0 Å². The van der Waals surface area contributed by atoms with E-state index in [-0.39, 0.29) is 45.2 Å².